The molecule has 1 amide bonds. The second kappa shape index (κ2) is 4.14. The lowest BCUT2D eigenvalue weighted by molar-refractivity contribution is 0.100. The second-order valence-electron chi connectivity index (χ2n) is 6.36. The van der Waals surface area contributed by atoms with Crippen molar-refractivity contribution in [2.45, 2.75) is 52.9 Å². The zero-order valence-electron chi connectivity index (χ0n) is 11.9. The minimum absolute atomic E-state index is 0.135. The van der Waals surface area contributed by atoms with Crippen LogP contribution in [-0.4, -0.2) is 42.3 Å². The molecule has 0 saturated carbocycles. The number of aliphatic imine (C=N–C) groups is 1. The van der Waals surface area contributed by atoms with Gasteiger partial charge in [0.25, 0.3) is 0 Å². The van der Waals surface area contributed by atoms with E-state index in [-0.39, 0.29) is 35.7 Å². The Morgan fingerprint density at radius 2 is 2.00 bits per heavy atom. The lowest BCUT2D eigenvalue weighted by Gasteiger charge is -2.31. The minimum atomic E-state index is -0.283. The second-order valence-corrected chi connectivity index (χ2v) is 6.36. The number of ether oxygens (including phenoxy) is 2. The van der Waals surface area contributed by atoms with Crippen LogP contribution in [-0.2, 0) is 9.47 Å². The molecule has 0 aromatic carbocycles. The third-order valence-corrected chi connectivity index (χ3v) is 3.47. The lowest BCUT2D eigenvalue weighted by Crippen LogP contribution is -2.46. The van der Waals surface area contributed by atoms with E-state index in [9.17, 15) is 4.79 Å². The van der Waals surface area contributed by atoms with Gasteiger partial charge in [0.2, 0.25) is 5.90 Å². The van der Waals surface area contributed by atoms with Crippen molar-refractivity contribution in [3.63, 3.8) is 0 Å². The number of carbonyl (C=O) groups is 1. The summed E-state index contributed by atoms with van der Waals surface area (Å²) in [6.45, 7) is 10.3. The highest BCUT2D eigenvalue weighted by atomic mass is 16.6. The smallest absolute Gasteiger partial charge is 0.412 e. The zero-order valence-corrected chi connectivity index (χ0v) is 11.9. The van der Waals surface area contributed by atoms with Gasteiger partial charge >= 0.3 is 6.09 Å². The van der Waals surface area contributed by atoms with Gasteiger partial charge in [-0.15, -0.1) is 0 Å². The number of carbonyl (C=O) groups excluding carboxylic acids is 1. The highest BCUT2D eigenvalue weighted by Crippen LogP contribution is 2.39. The van der Waals surface area contributed by atoms with Gasteiger partial charge in [-0.3, -0.25) is 4.90 Å². The van der Waals surface area contributed by atoms with Crippen molar-refractivity contribution >= 4 is 12.0 Å². The summed E-state index contributed by atoms with van der Waals surface area (Å²) >= 11 is 0. The van der Waals surface area contributed by atoms with Crippen LogP contribution in [0.15, 0.2) is 4.99 Å². The van der Waals surface area contributed by atoms with Crippen molar-refractivity contribution < 1.29 is 14.3 Å². The van der Waals surface area contributed by atoms with Crippen LogP contribution in [0.5, 0.6) is 0 Å². The molecular weight excluding hydrogens is 232 g/mol. The van der Waals surface area contributed by atoms with Crippen LogP contribution in [0.1, 0.15) is 34.6 Å². The van der Waals surface area contributed by atoms with Crippen molar-refractivity contribution in [1.29, 1.82) is 0 Å². The molecule has 0 aliphatic carbocycles. The fourth-order valence-corrected chi connectivity index (χ4v) is 2.57. The highest BCUT2D eigenvalue weighted by molar-refractivity contribution is 5.91. The topological polar surface area (TPSA) is 51.1 Å². The quantitative estimate of drug-likeness (QED) is 0.721. The van der Waals surface area contributed by atoms with Crippen LogP contribution >= 0.6 is 0 Å². The Labute approximate surface area is 108 Å². The fourth-order valence-electron chi connectivity index (χ4n) is 2.57. The molecule has 5 nitrogen and oxygen atoms in total. The Morgan fingerprint density at radius 1 is 1.39 bits per heavy atom. The third kappa shape index (κ3) is 1.85. The SMILES string of the molecule is COC1=N[C@@H](C(C)(C)C)N2C(=O)O[C@H](C(C)C)[C@H]12. The highest BCUT2D eigenvalue weighted by Gasteiger charge is 2.56. The van der Waals surface area contributed by atoms with E-state index in [0.717, 1.165) is 0 Å². The number of hydrogen-bond donors (Lipinski definition) is 0. The molecule has 0 aromatic heterocycles. The Hall–Kier alpha value is -1.26. The summed E-state index contributed by atoms with van der Waals surface area (Å²) in [5, 5.41) is 0. The van der Waals surface area contributed by atoms with Gasteiger partial charge in [-0.05, 0) is 5.92 Å². The van der Waals surface area contributed by atoms with E-state index in [4.69, 9.17) is 9.47 Å². The van der Waals surface area contributed by atoms with Crippen molar-refractivity contribution in [3.8, 4) is 0 Å². The predicted molar refractivity (Wildman–Crippen MR) is 68.4 cm³/mol. The maximum Gasteiger partial charge on any atom is 0.412 e. The Bertz CT molecular complexity index is 384. The zero-order chi connectivity index (χ0) is 13.7. The van der Waals surface area contributed by atoms with E-state index in [0.29, 0.717) is 5.90 Å². The molecule has 2 aliphatic heterocycles. The first kappa shape index (κ1) is 13.2. The van der Waals surface area contributed by atoms with E-state index < -0.39 is 0 Å². The monoisotopic (exact) mass is 254 g/mol. The standard InChI is InChI=1S/C13H22N2O3/c1-7(2)9-8-10(17-6)14-11(13(3,4)5)15(8)12(16)18-9/h7-9,11H,1-6H3/t8-,9-,11-/m1/s1. The van der Waals surface area contributed by atoms with E-state index in [1.165, 1.54) is 0 Å². The largest absolute Gasteiger partial charge is 0.483 e. The summed E-state index contributed by atoms with van der Waals surface area (Å²) in [5.41, 5.74) is -0.135. The van der Waals surface area contributed by atoms with Crippen molar-refractivity contribution in [2.24, 2.45) is 16.3 Å². The van der Waals surface area contributed by atoms with E-state index in [2.05, 4.69) is 25.8 Å². The molecule has 102 valence electrons. The van der Waals surface area contributed by atoms with Gasteiger partial charge in [0.1, 0.15) is 12.3 Å². The number of rotatable bonds is 1. The molecular formula is C13H22N2O3. The molecule has 2 rings (SSSR count). The average Bonchev–Trinajstić information content (AvgIpc) is 2.76. The summed E-state index contributed by atoms with van der Waals surface area (Å²) in [7, 11) is 1.60. The summed E-state index contributed by atoms with van der Waals surface area (Å²) in [6.07, 6.45) is -0.674. The van der Waals surface area contributed by atoms with E-state index >= 15 is 0 Å². The van der Waals surface area contributed by atoms with Crippen LogP contribution in [0.2, 0.25) is 0 Å². The molecule has 18 heavy (non-hydrogen) atoms. The molecule has 0 radical (unpaired) electrons. The van der Waals surface area contributed by atoms with Gasteiger partial charge in [-0.1, -0.05) is 34.6 Å². The van der Waals surface area contributed by atoms with Crippen LogP contribution in [0.4, 0.5) is 4.79 Å². The predicted octanol–water partition coefficient (Wildman–Crippen LogP) is 2.26. The van der Waals surface area contributed by atoms with Crippen LogP contribution in [0, 0.1) is 11.3 Å². The lowest BCUT2D eigenvalue weighted by atomic mass is 9.91. The minimum Gasteiger partial charge on any atom is -0.483 e. The first-order valence-electron chi connectivity index (χ1n) is 6.38. The van der Waals surface area contributed by atoms with Crippen LogP contribution in [0.25, 0.3) is 0 Å². The molecule has 2 heterocycles. The Kier molecular flexibility index (Phi) is 3.03. The summed E-state index contributed by atoms with van der Waals surface area (Å²) < 4.78 is 10.8. The molecule has 0 aromatic rings. The van der Waals surface area contributed by atoms with Gasteiger partial charge in [-0.2, -0.15) is 0 Å². The average molecular weight is 254 g/mol. The maximum atomic E-state index is 12.1. The first-order valence-corrected chi connectivity index (χ1v) is 6.38. The number of methoxy groups -OCH3 is 1. The van der Waals surface area contributed by atoms with Gasteiger partial charge in [0.05, 0.1) is 7.11 Å². The summed E-state index contributed by atoms with van der Waals surface area (Å²) in [6, 6.07) is -0.174. The van der Waals surface area contributed by atoms with E-state index in [1.54, 1.807) is 12.0 Å². The van der Waals surface area contributed by atoms with Gasteiger partial charge in [0, 0.05) is 5.41 Å². The molecule has 1 fully saturated rings. The Morgan fingerprint density at radius 3 is 2.44 bits per heavy atom. The molecule has 5 heteroatoms. The normalized spacial score (nSPS) is 31.5. The van der Waals surface area contributed by atoms with Gasteiger partial charge in [-0.25, -0.2) is 9.79 Å². The van der Waals surface area contributed by atoms with Gasteiger partial charge < -0.3 is 9.47 Å². The molecule has 1 saturated heterocycles. The van der Waals surface area contributed by atoms with E-state index in [1.807, 2.05) is 13.8 Å². The van der Waals surface area contributed by atoms with Crippen LogP contribution < -0.4 is 0 Å². The summed E-state index contributed by atoms with van der Waals surface area (Å²) in [4.78, 5) is 18.4. The van der Waals surface area contributed by atoms with Crippen molar-refractivity contribution in [2.75, 3.05) is 7.11 Å². The number of hydrogen-bond acceptors (Lipinski definition) is 4. The molecule has 0 N–H and O–H groups in total. The summed E-state index contributed by atoms with van der Waals surface area (Å²) in [5.74, 6) is 0.850. The molecule has 0 spiro atoms. The molecule has 0 unspecified atom stereocenters. The first-order chi connectivity index (χ1) is 8.27. The van der Waals surface area contributed by atoms with Gasteiger partial charge in [0.15, 0.2) is 6.04 Å². The molecule has 0 bridgehead atoms. The molecule has 2 aliphatic rings. The Balaban J connectivity index is 2.38. The number of fused-ring (bicyclic) bond motifs is 1. The fraction of sp³-hybridized carbons (Fsp3) is 0.846. The number of nitrogens with zero attached hydrogens (tertiary/aromatic N) is 2. The molecule has 3 atom stereocenters. The third-order valence-electron chi connectivity index (χ3n) is 3.47. The maximum absolute atomic E-state index is 12.1. The van der Waals surface area contributed by atoms with Crippen molar-refractivity contribution in [3.05, 3.63) is 0 Å². The number of cyclic esters (lactones) is 1. The number of amides is 1. The van der Waals surface area contributed by atoms with Crippen LogP contribution in [0.3, 0.4) is 0 Å². The van der Waals surface area contributed by atoms with Crippen molar-refractivity contribution in [1.82, 2.24) is 4.90 Å².